The predicted octanol–water partition coefficient (Wildman–Crippen LogP) is 2.65. The van der Waals surface area contributed by atoms with Crippen LogP contribution in [-0.4, -0.2) is 18.7 Å². The first-order chi connectivity index (χ1) is 7.15. The van der Waals surface area contributed by atoms with Gasteiger partial charge in [-0.2, -0.15) is 0 Å². The fourth-order valence-electron chi connectivity index (χ4n) is 1.31. The standard InChI is InChI=1S/C12H16O3/c1-4-14-10(3)15-12-8-6-5-7-11(12)9(2)13/h5-8,10H,4H2,1-3H3. The van der Waals surface area contributed by atoms with E-state index in [1.807, 2.05) is 19.1 Å². The summed E-state index contributed by atoms with van der Waals surface area (Å²) in [5, 5.41) is 0. The molecule has 1 aromatic carbocycles. The van der Waals surface area contributed by atoms with Crippen LogP contribution in [0.4, 0.5) is 0 Å². The van der Waals surface area contributed by atoms with Gasteiger partial charge in [-0.25, -0.2) is 0 Å². The van der Waals surface area contributed by atoms with E-state index in [9.17, 15) is 4.79 Å². The summed E-state index contributed by atoms with van der Waals surface area (Å²) in [5.41, 5.74) is 0.587. The van der Waals surface area contributed by atoms with Gasteiger partial charge < -0.3 is 9.47 Å². The highest BCUT2D eigenvalue weighted by Crippen LogP contribution is 2.19. The first-order valence-electron chi connectivity index (χ1n) is 5.03. The molecule has 3 heteroatoms. The van der Waals surface area contributed by atoms with E-state index in [0.29, 0.717) is 17.9 Å². The van der Waals surface area contributed by atoms with E-state index in [0.717, 1.165) is 0 Å². The van der Waals surface area contributed by atoms with E-state index < -0.39 is 0 Å². The summed E-state index contributed by atoms with van der Waals surface area (Å²) < 4.78 is 10.8. The molecular formula is C12H16O3. The monoisotopic (exact) mass is 208 g/mol. The molecule has 1 atom stereocenters. The fourth-order valence-corrected chi connectivity index (χ4v) is 1.31. The summed E-state index contributed by atoms with van der Waals surface area (Å²) in [5.74, 6) is 0.570. The molecule has 0 aliphatic heterocycles. The molecule has 0 aliphatic carbocycles. The molecule has 0 bridgehead atoms. The third-order valence-electron chi connectivity index (χ3n) is 1.96. The molecule has 0 N–H and O–H groups in total. The number of carbonyl (C=O) groups is 1. The summed E-state index contributed by atoms with van der Waals surface area (Å²) in [6.07, 6.45) is -0.338. The van der Waals surface area contributed by atoms with Crippen molar-refractivity contribution in [3.63, 3.8) is 0 Å². The summed E-state index contributed by atoms with van der Waals surface area (Å²) in [6.45, 7) is 5.81. The van der Waals surface area contributed by atoms with Crippen molar-refractivity contribution >= 4 is 5.78 Å². The number of hydrogen-bond donors (Lipinski definition) is 0. The van der Waals surface area contributed by atoms with Crippen molar-refractivity contribution in [2.75, 3.05) is 6.61 Å². The Morgan fingerprint density at radius 3 is 2.67 bits per heavy atom. The van der Waals surface area contributed by atoms with E-state index >= 15 is 0 Å². The Morgan fingerprint density at radius 1 is 1.40 bits per heavy atom. The molecule has 0 fully saturated rings. The van der Waals surface area contributed by atoms with Gasteiger partial charge in [0.2, 0.25) is 0 Å². The summed E-state index contributed by atoms with van der Waals surface area (Å²) in [7, 11) is 0. The molecule has 0 saturated heterocycles. The zero-order valence-corrected chi connectivity index (χ0v) is 9.32. The van der Waals surface area contributed by atoms with Crippen molar-refractivity contribution in [2.24, 2.45) is 0 Å². The number of rotatable bonds is 5. The SMILES string of the molecule is CCOC(C)Oc1ccccc1C(C)=O. The lowest BCUT2D eigenvalue weighted by Gasteiger charge is -2.15. The van der Waals surface area contributed by atoms with Gasteiger partial charge in [-0.15, -0.1) is 0 Å². The number of ketones is 1. The fraction of sp³-hybridized carbons (Fsp3) is 0.417. The third kappa shape index (κ3) is 3.36. The van der Waals surface area contributed by atoms with Gasteiger partial charge in [-0.05, 0) is 32.9 Å². The van der Waals surface area contributed by atoms with E-state index in [2.05, 4.69) is 0 Å². The lowest BCUT2D eigenvalue weighted by atomic mass is 10.1. The van der Waals surface area contributed by atoms with Gasteiger partial charge in [0.15, 0.2) is 12.1 Å². The number of benzene rings is 1. The predicted molar refractivity (Wildman–Crippen MR) is 58.2 cm³/mol. The Kier molecular flexibility index (Phi) is 4.31. The zero-order valence-electron chi connectivity index (χ0n) is 9.32. The maximum atomic E-state index is 11.3. The van der Waals surface area contributed by atoms with Gasteiger partial charge in [-0.3, -0.25) is 4.79 Å². The van der Waals surface area contributed by atoms with Crippen LogP contribution in [0, 0.1) is 0 Å². The van der Waals surface area contributed by atoms with Gasteiger partial charge in [-0.1, -0.05) is 12.1 Å². The molecular weight excluding hydrogens is 192 g/mol. The highest BCUT2D eigenvalue weighted by atomic mass is 16.7. The maximum absolute atomic E-state index is 11.3. The number of ether oxygens (including phenoxy) is 2. The minimum Gasteiger partial charge on any atom is -0.465 e. The highest BCUT2D eigenvalue weighted by molar-refractivity contribution is 5.96. The van der Waals surface area contributed by atoms with Gasteiger partial charge >= 0.3 is 0 Å². The molecule has 0 aromatic heterocycles. The van der Waals surface area contributed by atoms with Crippen molar-refractivity contribution in [1.29, 1.82) is 0 Å². The van der Waals surface area contributed by atoms with Gasteiger partial charge in [0.1, 0.15) is 5.75 Å². The lowest BCUT2D eigenvalue weighted by molar-refractivity contribution is -0.0615. The molecule has 1 aromatic rings. The minimum atomic E-state index is -0.338. The maximum Gasteiger partial charge on any atom is 0.196 e. The topological polar surface area (TPSA) is 35.5 Å². The lowest BCUT2D eigenvalue weighted by Crippen LogP contribution is -2.17. The summed E-state index contributed by atoms with van der Waals surface area (Å²) in [6, 6.07) is 7.16. The molecule has 1 rings (SSSR count). The molecule has 0 aliphatic rings. The number of hydrogen-bond acceptors (Lipinski definition) is 3. The van der Waals surface area contributed by atoms with E-state index in [1.54, 1.807) is 19.1 Å². The van der Waals surface area contributed by atoms with Crippen LogP contribution in [-0.2, 0) is 4.74 Å². The van der Waals surface area contributed by atoms with Crippen molar-refractivity contribution in [2.45, 2.75) is 27.1 Å². The third-order valence-corrected chi connectivity index (χ3v) is 1.96. The van der Waals surface area contributed by atoms with E-state index in [1.165, 1.54) is 6.92 Å². The first kappa shape index (κ1) is 11.7. The van der Waals surface area contributed by atoms with Crippen molar-refractivity contribution in [3.05, 3.63) is 29.8 Å². The summed E-state index contributed by atoms with van der Waals surface area (Å²) >= 11 is 0. The molecule has 1 unspecified atom stereocenters. The van der Waals surface area contributed by atoms with Crippen molar-refractivity contribution in [3.8, 4) is 5.75 Å². The quantitative estimate of drug-likeness (QED) is 0.551. The number of Topliss-reactive ketones (excluding diaryl/α,β-unsaturated/α-hetero) is 1. The molecule has 0 radical (unpaired) electrons. The van der Waals surface area contributed by atoms with E-state index in [-0.39, 0.29) is 12.1 Å². The van der Waals surface area contributed by atoms with Crippen LogP contribution in [0.3, 0.4) is 0 Å². The first-order valence-corrected chi connectivity index (χ1v) is 5.03. The Labute approximate surface area is 90.0 Å². The number of para-hydroxylation sites is 1. The molecule has 0 spiro atoms. The Hall–Kier alpha value is -1.35. The van der Waals surface area contributed by atoms with Gasteiger partial charge in [0, 0.05) is 6.61 Å². The molecule has 3 nitrogen and oxygen atoms in total. The largest absolute Gasteiger partial charge is 0.465 e. The highest BCUT2D eigenvalue weighted by Gasteiger charge is 2.10. The molecule has 0 heterocycles. The molecule has 0 amide bonds. The van der Waals surface area contributed by atoms with Crippen molar-refractivity contribution < 1.29 is 14.3 Å². The van der Waals surface area contributed by atoms with Crippen molar-refractivity contribution in [1.82, 2.24) is 0 Å². The molecule has 15 heavy (non-hydrogen) atoms. The van der Waals surface area contributed by atoms with Gasteiger partial charge in [0.25, 0.3) is 0 Å². The Balaban J connectivity index is 2.79. The smallest absolute Gasteiger partial charge is 0.196 e. The minimum absolute atomic E-state index is 0.00528. The number of carbonyl (C=O) groups excluding carboxylic acids is 1. The second kappa shape index (κ2) is 5.51. The molecule has 0 saturated carbocycles. The van der Waals surface area contributed by atoms with Gasteiger partial charge in [0.05, 0.1) is 5.56 Å². The van der Waals surface area contributed by atoms with Crippen LogP contribution >= 0.6 is 0 Å². The van der Waals surface area contributed by atoms with Crippen LogP contribution in [0.25, 0.3) is 0 Å². The van der Waals surface area contributed by atoms with Crippen LogP contribution in [0.15, 0.2) is 24.3 Å². The van der Waals surface area contributed by atoms with Crippen LogP contribution in [0.2, 0.25) is 0 Å². The zero-order chi connectivity index (χ0) is 11.3. The van der Waals surface area contributed by atoms with Crippen LogP contribution in [0.5, 0.6) is 5.75 Å². The van der Waals surface area contributed by atoms with Crippen LogP contribution < -0.4 is 4.74 Å². The summed E-state index contributed by atoms with van der Waals surface area (Å²) in [4.78, 5) is 11.3. The Morgan fingerprint density at radius 2 is 2.07 bits per heavy atom. The second-order valence-electron chi connectivity index (χ2n) is 3.19. The average molecular weight is 208 g/mol. The second-order valence-corrected chi connectivity index (χ2v) is 3.19. The van der Waals surface area contributed by atoms with E-state index in [4.69, 9.17) is 9.47 Å². The molecule has 82 valence electrons. The van der Waals surface area contributed by atoms with Crippen LogP contribution in [0.1, 0.15) is 31.1 Å². The average Bonchev–Trinajstić information content (AvgIpc) is 2.18. The normalized spacial score (nSPS) is 12.2. The Bertz CT molecular complexity index is 333.